The molecule has 0 saturated heterocycles. The third-order valence-corrected chi connectivity index (χ3v) is 3.89. The van der Waals surface area contributed by atoms with E-state index in [0.29, 0.717) is 17.8 Å². The van der Waals surface area contributed by atoms with Crippen LogP contribution in [0.2, 0.25) is 0 Å². The number of rotatable bonds is 3. The minimum atomic E-state index is -0.00614. The molecule has 0 spiro atoms. The molecule has 80 valence electrons. The maximum atomic E-state index is 11.4. The molecule has 0 heterocycles. The number of hydrogen-bond donors (Lipinski definition) is 0. The number of methoxy groups -OCH3 is 2. The summed E-state index contributed by atoms with van der Waals surface area (Å²) < 4.78 is 10.00. The van der Waals surface area contributed by atoms with Crippen molar-refractivity contribution in [1.29, 1.82) is 0 Å². The van der Waals surface area contributed by atoms with Crippen molar-refractivity contribution in [3.05, 3.63) is 0 Å². The van der Waals surface area contributed by atoms with Gasteiger partial charge in [-0.3, -0.25) is 4.79 Å². The molecule has 0 aromatic rings. The molecule has 2 rings (SSSR count). The highest BCUT2D eigenvalue weighted by atomic mass is 16.5. The molecule has 3 nitrogen and oxygen atoms in total. The van der Waals surface area contributed by atoms with Gasteiger partial charge in [0.05, 0.1) is 13.0 Å². The molecule has 2 bridgehead atoms. The summed E-state index contributed by atoms with van der Waals surface area (Å²) in [6.45, 7) is 0.856. The van der Waals surface area contributed by atoms with Crippen molar-refractivity contribution >= 4 is 5.97 Å². The second-order valence-electron chi connectivity index (χ2n) is 4.57. The first-order valence-electron chi connectivity index (χ1n) is 5.33. The van der Waals surface area contributed by atoms with E-state index in [0.717, 1.165) is 19.4 Å². The Bertz CT molecular complexity index is 227. The van der Waals surface area contributed by atoms with Crippen LogP contribution in [-0.4, -0.2) is 26.8 Å². The van der Waals surface area contributed by atoms with Crippen molar-refractivity contribution in [2.75, 3.05) is 20.8 Å². The van der Waals surface area contributed by atoms with Crippen LogP contribution < -0.4 is 0 Å². The Balaban J connectivity index is 1.93. The second-order valence-corrected chi connectivity index (χ2v) is 4.57. The largest absolute Gasteiger partial charge is 0.469 e. The van der Waals surface area contributed by atoms with E-state index in [9.17, 15) is 4.79 Å². The van der Waals surface area contributed by atoms with Gasteiger partial charge in [-0.2, -0.15) is 0 Å². The van der Waals surface area contributed by atoms with E-state index in [-0.39, 0.29) is 11.9 Å². The van der Waals surface area contributed by atoms with Crippen molar-refractivity contribution in [1.82, 2.24) is 0 Å². The van der Waals surface area contributed by atoms with Gasteiger partial charge in [-0.05, 0) is 37.0 Å². The molecule has 2 fully saturated rings. The Kier molecular flexibility index (Phi) is 2.77. The van der Waals surface area contributed by atoms with Crippen LogP contribution >= 0.6 is 0 Å². The first kappa shape index (κ1) is 9.97. The minimum absolute atomic E-state index is 0.00614. The summed E-state index contributed by atoms with van der Waals surface area (Å²) in [7, 11) is 3.24. The number of carbonyl (C=O) groups is 1. The molecule has 0 amide bonds. The van der Waals surface area contributed by atoms with E-state index in [1.54, 1.807) is 7.11 Å². The highest BCUT2D eigenvalue weighted by molar-refractivity contribution is 5.73. The molecule has 3 heteroatoms. The molecule has 0 aromatic heterocycles. The SMILES string of the molecule is COCC1CC2CC1CC2C(=O)OC. The number of fused-ring (bicyclic) bond motifs is 2. The fourth-order valence-corrected chi connectivity index (χ4v) is 3.25. The first-order chi connectivity index (χ1) is 6.76. The predicted octanol–water partition coefficient (Wildman–Crippen LogP) is 1.47. The highest BCUT2D eigenvalue weighted by Crippen LogP contribution is 2.52. The van der Waals surface area contributed by atoms with Gasteiger partial charge in [0.2, 0.25) is 0 Å². The summed E-state index contributed by atoms with van der Waals surface area (Å²) in [6.07, 6.45) is 3.37. The van der Waals surface area contributed by atoms with Crippen LogP contribution in [0.5, 0.6) is 0 Å². The monoisotopic (exact) mass is 198 g/mol. The van der Waals surface area contributed by atoms with Gasteiger partial charge >= 0.3 is 5.97 Å². The standard InChI is InChI=1S/C11H18O3/c1-13-6-9-4-8-3-7(9)5-10(8)11(12)14-2/h7-10H,3-6H2,1-2H3. The van der Waals surface area contributed by atoms with Crippen molar-refractivity contribution in [3.63, 3.8) is 0 Å². The van der Waals surface area contributed by atoms with E-state index < -0.39 is 0 Å². The molecular weight excluding hydrogens is 180 g/mol. The molecule has 0 aliphatic heterocycles. The van der Waals surface area contributed by atoms with Crippen LogP contribution in [0.3, 0.4) is 0 Å². The van der Waals surface area contributed by atoms with Gasteiger partial charge in [-0.15, -0.1) is 0 Å². The van der Waals surface area contributed by atoms with Crippen LogP contribution in [0.15, 0.2) is 0 Å². The number of esters is 1. The summed E-state index contributed by atoms with van der Waals surface area (Å²) >= 11 is 0. The van der Waals surface area contributed by atoms with E-state index in [1.165, 1.54) is 13.5 Å². The van der Waals surface area contributed by atoms with E-state index in [1.807, 2.05) is 0 Å². The van der Waals surface area contributed by atoms with Crippen molar-refractivity contribution < 1.29 is 14.3 Å². The van der Waals surface area contributed by atoms with E-state index in [4.69, 9.17) is 9.47 Å². The van der Waals surface area contributed by atoms with E-state index in [2.05, 4.69) is 0 Å². The van der Waals surface area contributed by atoms with Gasteiger partial charge in [0.1, 0.15) is 0 Å². The molecule has 14 heavy (non-hydrogen) atoms. The topological polar surface area (TPSA) is 35.5 Å². The summed E-state index contributed by atoms with van der Waals surface area (Å²) in [4.78, 5) is 11.4. The first-order valence-corrected chi connectivity index (χ1v) is 5.33. The van der Waals surface area contributed by atoms with Crippen LogP contribution in [0.1, 0.15) is 19.3 Å². The summed E-state index contributed by atoms with van der Waals surface area (Å²) in [5.41, 5.74) is 0. The second kappa shape index (κ2) is 3.89. The Hall–Kier alpha value is -0.570. The average Bonchev–Trinajstić information content (AvgIpc) is 2.76. The predicted molar refractivity (Wildman–Crippen MR) is 51.7 cm³/mol. The molecule has 2 aliphatic carbocycles. The Morgan fingerprint density at radius 2 is 2.00 bits per heavy atom. The molecule has 4 unspecified atom stereocenters. The van der Waals surface area contributed by atoms with Crippen LogP contribution in [0.4, 0.5) is 0 Å². The smallest absolute Gasteiger partial charge is 0.308 e. The lowest BCUT2D eigenvalue weighted by Gasteiger charge is -2.25. The zero-order valence-corrected chi connectivity index (χ0v) is 8.86. The van der Waals surface area contributed by atoms with Gasteiger partial charge < -0.3 is 9.47 Å². The summed E-state index contributed by atoms with van der Waals surface area (Å²) in [5.74, 6) is 2.12. The van der Waals surface area contributed by atoms with Crippen LogP contribution in [0, 0.1) is 23.7 Å². The van der Waals surface area contributed by atoms with Crippen molar-refractivity contribution in [3.8, 4) is 0 Å². The lowest BCUT2D eigenvalue weighted by Crippen LogP contribution is -2.27. The average molecular weight is 198 g/mol. The number of ether oxygens (including phenoxy) is 2. The maximum Gasteiger partial charge on any atom is 0.308 e. The normalized spacial score (nSPS) is 40.1. The molecule has 0 radical (unpaired) electrons. The van der Waals surface area contributed by atoms with Crippen molar-refractivity contribution in [2.45, 2.75) is 19.3 Å². The molecule has 0 N–H and O–H groups in total. The molecular formula is C11H18O3. The third-order valence-electron chi connectivity index (χ3n) is 3.89. The highest BCUT2D eigenvalue weighted by Gasteiger charge is 2.48. The number of carbonyl (C=O) groups excluding carboxylic acids is 1. The third kappa shape index (κ3) is 1.54. The minimum Gasteiger partial charge on any atom is -0.469 e. The lowest BCUT2D eigenvalue weighted by molar-refractivity contribution is -0.147. The molecule has 2 aliphatic rings. The fourth-order valence-electron chi connectivity index (χ4n) is 3.25. The van der Waals surface area contributed by atoms with Gasteiger partial charge in [0.25, 0.3) is 0 Å². The molecule has 0 aromatic carbocycles. The van der Waals surface area contributed by atoms with Gasteiger partial charge in [-0.25, -0.2) is 0 Å². The van der Waals surface area contributed by atoms with Gasteiger partial charge in [-0.1, -0.05) is 0 Å². The molecule has 4 atom stereocenters. The zero-order valence-electron chi connectivity index (χ0n) is 8.86. The Morgan fingerprint density at radius 1 is 1.21 bits per heavy atom. The Morgan fingerprint density at radius 3 is 2.50 bits per heavy atom. The zero-order chi connectivity index (χ0) is 10.1. The maximum absolute atomic E-state index is 11.4. The lowest BCUT2D eigenvalue weighted by atomic mass is 9.82. The molecule has 2 saturated carbocycles. The summed E-state index contributed by atoms with van der Waals surface area (Å²) in [5, 5.41) is 0. The Labute approximate surface area is 84.8 Å². The van der Waals surface area contributed by atoms with E-state index >= 15 is 0 Å². The van der Waals surface area contributed by atoms with Gasteiger partial charge in [0.15, 0.2) is 0 Å². The van der Waals surface area contributed by atoms with Crippen LogP contribution in [-0.2, 0) is 14.3 Å². The quantitative estimate of drug-likeness (QED) is 0.644. The number of hydrogen-bond acceptors (Lipinski definition) is 3. The fraction of sp³-hybridized carbons (Fsp3) is 0.909. The summed E-state index contributed by atoms with van der Waals surface area (Å²) in [6, 6.07) is 0. The van der Waals surface area contributed by atoms with Crippen LogP contribution in [0.25, 0.3) is 0 Å². The van der Waals surface area contributed by atoms with Crippen molar-refractivity contribution in [2.24, 2.45) is 23.7 Å². The van der Waals surface area contributed by atoms with Gasteiger partial charge in [0, 0.05) is 13.7 Å².